The number of hydrogen-bond donors (Lipinski definition) is 1. The lowest BCUT2D eigenvalue weighted by atomic mass is 9.48. The second kappa shape index (κ2) is 7.93. The van der Waals surface area contributed by atoms with Crippen LogP contribution < -0.4 is 11.3 Å². The van der Waals surface area contributed by atoms with Crippen LogP contribution in [0.3, 0.4) is 0 Å². The molecule has 2 N–H and O–H groups in total. The zero-order chi connectivity index (χ0) is 23.6. The number of nitrogens with zero attached hydrogens (tertiary/aromatic N) is 3. The predicted molar refractivity (Wildman–Crippen MR) is 127 cm³/mol. The average Bonchev–Trinajstić information content (AvgIpc) is 3.47. The largest absolute Gasteiger partial charge is 0.446 e. The minimum Gasteiger partial charge on any atom is -0.446 e. The Labute approximate surface area is 202 Å². The summed E-state index contributed by atoms with van der Waals surface area (Å²) in [4.78, 5) is 43.8. The van der Waals surface area contributed by atoms with Crippen LogP contribution in [-0.2, 0) is 16.6 Å². The van der Waals surface area contributed by atoms with E-state index in [0.29, 0.717) is 19.0 Å². The molecule has 5 unspecified atom stereocenters. The van der Waals surface area contributed by atoms with E-state index >= 15 is 0 Å². The molecule has 4 aliphatic carbocycles. The smallest absolute Gasteiger partial charge is 0.410 e. The number of carbonyl (C=O) groups excluding carboxylic acids is 2. The van der Waals surface area contributed by atoms with Crippen LogP contribution in [0, 0.1) is 23.2 Å². The summed E-state index contributed by atoms with van der Waals surface area (Å²) in [6.45, 7) is 1.25. The molecule has 7 rings (SSSR count). The fourth-order valence-electron chi connectivity index (χ4n) is 7.11. The van der Waals surface area contributed by atoms with Gasteiger partial charge in [0.2, 0.25) is 5.91 Å². The molecule has 180 valence electrons. The molecule has 2 aromatic rings. The molecule has 2 aromatic heterocycles. The Hall–Kier alpha value is -2.68. The highest BCUT2D eigenvalue weighted by Crippen LogP contribution is 2.60. The number of pyridine rings is 1. The van der Waals surface area contributed by atoms with Gasteiger partial charge in [0.25, 0.3) is 5.56 Å². The van der Waals surface area contributed by atoms with Gasteiger partial charge in [0.1, 0.15) is 6.10 Å². The Bertz CT molecular complexity index is 1190. The van der Waals surface area contributed by atoms with E-state index in [4.69, 9.17) is 15.5 Å². The Kier molecular flexibility index (Phi) is 5.09. The summed E-state index contributed by atoms with van der Waals surface area (Å²) in [5, 5.41) is 2.97. The Balaban J connectivity index is 1.10. The third-order valence-electron chi connectivity index (χ3n) is 8.66. The van der Waals surface area contributed by atoms with Gasteiger partial charge in [0.15, 0.2) is 0 Å². The third kappa shape index (κ3) is 3.56. The van der Waals surface area contributed by atoms with Crippen LogP contribution in [0.25, 0.3) is 11.3 Å². The van der Waals surface area contributed by atoms with Crippen LogP contribution in [0.5, 0.6) is 0 Å². The lowest BCUT2D eigenvalue weighted by Gasteiger charge is -2.58. The second-order valence-electron chi connectivity index (χ2n) is 10.8. The number of hydrogen-bond acceptors (Lipinski definition) is 6. The van der Waals surface area contributed by atoms with Gasteiger partial charge in [-0.3, -0.25) is 9.59 Å². The first-order valence-electron chi connectivity index (χ1n) is 12.2. The summed E-state index contributed by atoms with van der Waals surface area (Å²) >= 11 is 1.58. The number of nitrogens with two attached hydrogens (primary N) is 1. The summed E-state index contributed by atoms with van der Waals surface area (Å²) in [6.07, 6.45) is 6.78. The zero-order valence-corrected chi connectivity index (χ0v) is 20.1. The number of ether oxygens (including phenoxy) is 1. The van der Waals surface area contributed by atoms with E-state index in [1.54, 1.807) is 35.5 Å². The lowest BCUT2D eigenvalue weighted by Crippen LogP contribution is -2.59. The summed E-state index contributed by atoms with van der Waals surface area (Å²) < 4.78 is 7.64. The van der Waals surface area contributed by atoms with Gasteiger partial charge in [-0.2, -0.15) is 0 Å². The molecule has 4 saturated carbocycles. The molecule has 34 heavy (non-hydrogen) atoms. The second-order valence-corrected chi connectivity index (χ2v) is 11.7. The van der Waals surface area contributed by atoms with Gasteiger partial charge in [-0.15, -0.1) is 11.3 Å². The average molecular weight is 483 g/mol. The van der Waals surface area contributed by atoms with Crippen molar-refractivity contribution in [1.82, 2.24) is 14.5 Å². The fourth-order valence-corrected chi connectivity index (χ4v) is 8.06. The first-order valence-corrected chi connectivity index (χ1v) is 13.1. The molecule has 1 saturated heterocycles. The molecule has 0 radical (unpaired) electrons. The van der Waals surface area contributed by atoms with E-state index < -0.39 is 0 Å². The molecule has 1 aliphatic heterocycles. The van der Waals surface area contributed by atoms with Crippen LogP contribution >= 0.6 is 11.3 Å². The molecule has 6 atom stereocenters. The molecule has 8 nitrogen and oxygen atoms in total. The number of amides is 2. The number of likely N-dealkylation sites (tertiary alicyclic amines) is 1. The number of primary amides is 1. The molecule has 4 bridgehead atoms. The van der Waals surface area contributed by atoms with Crippen molar-refractivity contribution in [2.24, 2.45) is 36.0 Å². The van der Waals surface area contributed by atoms with E-state index in [1.165, 1.54) is 4.57 Å². The zero-order valence-electron chi connectivity index (χ0n) is 19.3. The topological polar surface area (TPSA) is 108 Å². The highest BCUT2D eigenvalue weighted by molar-refractivity contribution is 7.10. The maximum Gasteiger partial charge on any atom is 0.410 e. The Morgan fingerprint density at radius 3 is 2.71 bits per heavy atom. The number of carbonyl (C=O) groups is 2. The van der Waals surface area contributed by atoms with Crippen molar-refractivity contribution < 1.29 is 14.3 Å². The van der Waals surface area contributed by atoms with Crippen molar-refractivity contribution >= 4 is 23.3 Å². The minimum absolute atomic E-state index is 0.0617. The minimum atomic E-state index is -0.371. The molecular weight excluding hydrogens is 452 g/mol. The van der Waals surface area contributed by atoms with Gasteiger partial charge in [-0.05, 0) is 62.3 Å². The molecule has 9 heteroatoms. The van der Waals surface area contributed by atoms with Gasteiger partial charge in [0, 0.05) is 49.3 Å². The normalized spacial score (nSPS) is 33.9. The van der Waals surface area contributed by atoms with Crippen molar-refractivity contribution in [1.29, 1.82) is 0 Å². The molecule has 2 amide bonds. The standard InChI is InChI=1S/C25H30N4O4S/c1-28-4-2-15(8-20(28)30)19-13-34-22(27-19)16-3-5-29(12-16)24(32)33-21-17-6-14-7-18(21)11-25(9-14,10-17)23(26)31/h2,4,8,13-14,16-18,21H,3,5-7,9-12H2,1H3,(H2,26,31)/t14?,16?,17-,18?,21?,25?/m0/s1. The summed E-state index contributed by atoms with van der Waals surface area (Å²) in [5.74, 6) is 1.05. The molecular formula is C25H30N4O4S. The van der Waals surface area contributed by atoms with Gasteiger partial charge < -0.3 is 19.9 Å². The number of rotatable bonds is 4. The summed E-state index contributed by atoms with van der Waals surface area (Å²) in [5.41, 5.74) is 6.97. The number of thiazole rings is 1. The van der Waals surface area contributed by atoms with Crippen LogP contribution in [0.15, 0.2) is 28.5 Å². The Morgan fingerprint density at radius 1 is 1.24 bits per heavy atom. The van der Waals surface area contributed by atoms with Gasteiger partial charge in [-0.1, -0.05) is 0 Å². The predicted octanol–water partition coefficient (Wildman–Crippen LogP) is 3.11. The van der Waals surface area contributed by atoms with Crippen molar-refractivity contribution in [3.8, 4) is 11.3 Å². The monoisotopic (exact) mass is 482 g/mol. The maximum atomic E-state index is 13.1. The van der Waals surface area contributed by atoms with Crippen LogP contribution in [0.1, 0.15) is 49.5 Å². The first-order chi connectivity index (χ1) is 16.3. The first kappa shape index (κ1) is 21.8. The molecule has 5 aliphatic rings. The summed E-state index contributed by atoms with van der Waals surface area (Å²) in [7, 11) is 1.73. The van der Waals surface area contributed by atoms with Crippen molar-refractivity contribution in [3.63, 3.8) is 0 Å². The van der Waals surface area contributed by atoms with E-state index in [2.05, 4.69) is 0 Å². The molecule has 3 heterocycles. The molecule has 0 spiro atoms. The van der Waals surface area contributed by atoms with E-state index in [9.17, 15) is 14.4 Å². The maximum absolute atomic E-state index is 13.1. The van der Waals surface area contributed by atoms with Crippen LogP contribution in [0.4, 0.5) is 4.79 Å². The Morgan fingerprint density at radius 2 is 2.00 bits per heavy atom. The highest BCUT2D eigenvalue weighted by Gasteiger charge is 2.59. The highest BCUT2D eigenvalue weighted by atomic mass is 32.1. The van der Waals surface area contributed by atoms with E-state index in [1.807, 2.05) is 11.4 Å². The quantitative estimate of drug-likeness (QED) is 0.721. The summed E-state index contributed by atoms with van der Waals surface area (Å²) in [6, 6.07) is 3.50. The lowest BCUT2D eigenvalue weighted by molar-refractivity contribution is -0.161. The van der Waals surface area contributed by atoms with Crippen LogP contribution in [-0.4, -0.2) is 45.6 Å². The van der Waals surface area contributed by atoms with E-state index in [0.717, 1.165) is 54.8 Å². The van der Waals surface area contributed by atoms with Crippen molar-refractivity contribution in [3.05, 3.63) is 39.1 Å². The number of aryl methyl sites for hydroxylation is 1. The molecule has 0 aromatic carbocycles. The van der Waals surface area contributed by atoms with E-state index in [-0.39, 0.29) is 46.8 Å². The van der Waals surface area contributed by atoms with Crippen molar-refractivity contribution in [2.75, 3.05) is 13.1 Å². The molecule has 5 fully saturated rings. The van der Waals surface area contributed by atoms with Gasteiger partial charge in [-0.25, -0.2) is 9.78 Å². The van der Waals surface area contributed by atoms with Crippen LogP contribution in [0.2, 0.25) is 0 Å². The third-order valence-corrected chi connectivity index (χ3v) is 9.67. The van der Waals surface area contributed by atoms with Gasteiger partial charge in [0.05, 0.1) is 16.1 Å². The number of aromatic nitrogens is 2. The van der Waals surface area contributed by atoms with Gasteiger partial charge >= 0.3 is 6.09 Å². The fraction of sp³-hybridized carbons (Fsp3) is 0.600. The SMILES string of the molecule is Cn1ccc(-c2csc(C3CCN(C(=O)OC4C5CC6C[C@H]4CC(C(N)=O)(C6)C5)C3)n2)cc1=O. The van der Waals surface area contributed by atoms with Crippen molar-refractivity contribution in [2.45, 2.75) is 50.5 Å².